The number of rotatable bonds is 11. The van der Waals surface area contributed by atoms with Crippen LogP contribution in [0.25, 0.3) is 0 Å². The molecule has 0 spiro atoms. The van der Waals surface area contributed by atoms with Crippen molar-refractivity contribution < 1.29 is 4.79 Å². The lowest BCUT2D eigenvalue weighted by Gasteiger charge is -2.07. The normalized spacial score (nSPS) is 14.0. The van der Waals surface area contributed by atoms with Crippen LogP contribution in [0.2, 0.25) is 0 Å². The average Bonchev–Trinajstić information content (AvgIpc) is 2.43. The lowest BCUT2D eigenvalue weighted by Crippen LogP contribution is -2.32. The van der Waals surface area contributed by atoms with E-state index >= 15 is 0 Å². The van der Waals surface area contributed by atoms with Crippen molar-refractivity contribution in [2.24, 2.45) is 0 Å². The average molecular weight is 309 g/mol. The van der Waals surface area contributed by atoms with E-state index in [2.05, 4.69) is 63.9 Å². The third-order valence-electron chi connectivity index (χ3n) is 3.26. The van der Waals surface area contributed by atoms with Gasteiger partial charge < -0.3 is 5.32 Å². The number of carbonyl (C=O) groups excluding carboxylic acids is 1. The standard InChI is InChI=1S/C18H30NOS/c1-15(2)7-5-8-16(3)9-6-10-17(4)11-12-19-18(13-20)14-21/h7,9,11,18-19,21H,5-6,8,10,12,14H2,1-4H3/t18-/m1/s1. The van der Waals surface area contributed by atoms with E-state index < -0.39 is 0 Å². The Balaban J connectivity index is 3.93. The van der Waals surface area contributed by atoms with E-state index in [9.17, 15) is 4.79 Å². The second-order valence-corrected chi connectivity index (χ2v) is 6.09. The third-order valence-corrected chi connectivity index (χ3v) is 3.63. The monoisotopic (exact) mass is 308 g/mol. The van der Waals surface area contributed by atoms with E-state index in [1.54, 1.807) is 0 Å². The molecule has 0 unspecified atom stereocenters. The minimum Gasteiger partial charge on any atom is -0.303 e. The van der Waals surface area contributed by atoms with E-state index in [1.807, 2.05) is 6.29 Å². The first-order valence-corrected chi connectivity index (χ1v) is 8.29. The van der Waals surface area contributed by atoms with Crippen LogP contribution in [0, 0.1) is 0 Å². The fourth-order valence-corrected chi connectivity index (χ4v) is 2.06. The Morgan fingerprint density at radius 1 is 1.05 bits per heavy atom. The minimum atomic E-state index is -0.269. The van der Waals surface area contributed by atoms with Crippen LogP contribution in [0.3, 0.4) is 0 Å². The SMILES string of the molecule is CC(C)=CCCC(C)=CCCC(C)=CCN[C@H]([C]=O)CS. The molecule has 0 aromatic carbocycles. The molecule has 0 fully saturated rings. The summed E-state index contributed by atoms with van der Waals surface area (Å²) in [4.78, 5) is 10.5. The minimum absolute atomic E-state index is 0.269. The maximum atomic E-state index is 10.5. The molecule has 0 aliphatic rings. The predicted molar refractivity (Wildman–Crippen MR) is 96.8 cm³/mol. The van der Waals surface area contributed by atoms with Crippen molar-refractivity contribution in [1.82, 2.24) is 5.32 Å². The van der Waals surface area contributed by atoms with Gasteiger partial charge in [-0.15, -0.1) is 0 Å². The maximum absolute atomic E-state index is 10.5. The molecule has 0 saturated heterocycles. The van der Waals surface area contributed by atoms with Gasteiger partial charge in [-0.25, -0.2) is 0 Å². The van der Waals surface area contributed by atoms with Crippen LogP contribution in [-0.4, -0.2) is 24.6 Å². The van der Waals surface area contributed by atoms with E-state index in [0.717, 1.165) is 25.7 Å². The summed E-state index contributed by atoms with van der Waals surface area (Å²) in [5, 5.41) is 3.09. The van der Waals surface area contributed by atoms with Crippen molar-refractivity contribution in [2.45, 2.75) is 59.4 Å². The molecule has 0 amide bonds. The fraction of sp³-hybridized carbons (Fsp3) is 0.611. The quantitative estimate of drug-likeness (QED) is 0.437. The van der Waals surface area contributed by atoms with Crippen molar-refractivity contribution in [3.8, 4) is 0 Å². The summed E-state index contributed by atoms with van der Waals surface area (Å²) in [6.07, 6.45) is 13.1. The molecule has 0 aliphatic heterocycles. The summed E-state index contributed by atoms with van der Waals surface area (Å²) in [5.41, 5.74) is 4.20. The van der Waals surface area contributed by atoms with Crippen molar-refractivity contribution in [1.29, 1.82) is 0 Å². The highest BCUT2D eigenvalue weighted by Gasteiger charge is 2.02. The summed E-state index contributed by atoms with van der Waals surface area (Å²) < 4.78 is 0. The summed E-state index contributed by atoms with van der Waals surface area (Å²) in [6.45, 7) is 9.32. The molecule has 0 rings (SSSR count). The summed E-state index contributed by atoms with van der Waals surface area (Å²) >= 11 is 4.08. The molecule has 1 N–H and O–H groups in total. The van der Waals surface area contributed by atoms with Gasteiger partial charge in [0.05, 0.1) is 6.04 Å². The van der Waals surface area contributed by atoms with Crippen molar-refractivity contribution in [3.63, 3.8) is 0 Å². The molecule has 0 aliphatic carbocycles. The van der Waals surface area contributed by atoms with Crippen LogP contribution in [0.4, 0.5) is 0 Å². The van der Waals surface area contributed by atoms with Gasteiger partial charge in [0.2, 0.25) is 6.29 Å². The van der Waals surface area contributed by atoms with Crippen LogP contribution in [0.15, 0.2) is 34.9 Å². The van der Waals surface area contributed by atoms with Crippen LogP contribution < -0.4 is 5.32 Å². The molecule has 0 heterocycles. The van der Waals surface area contributed by atoms with Gasteiger partial charge in [0, 0.05) is 12.3 Å². The molecule has 3 heteroatoms. The first-order valence-electron chi connectivity index (χ1n) is 7.66. The summed E-state index contributed by atoms with van der Waals surface area (Å²) in [5.74, 6) is 0.490. The fourth-order valence-electron chi connectivity index (χ4n) is 1.86. The first-order chi connectivity index (χ1) is 9.99. The van der Waals surface area contributed by atoms with Gasteiger partial charge in [0.15, 0.2) is 0 Å². The van der Waals surface area contributed by atoms with Gasteiger partial charge in [-0.05, 0) is 53.4 Å². The Labute approximate surface area is 136 Å². The van der Waals surface area contributed by atoms with Gasteiger partial charge in [-0.1, -0.05) is 34.9 Å². The van der Waals surface area contributed by atoms with Crippen LogP contribution in [0.1, 0.15) is 53.4 Å². The van der Waals surface area contributed by atoms with Gasteiger partial charge in [0.25, 0.3) is 0 Å². The molecule has 0 saturated carbocycles. The number of thiol groups is 1. The van der Waals surface area contributed by atoms with E-state index in [1.165, 1.54) is 16.7 Å². The maximum Gasteiger partial charge on any atom is 0.217 e. The molecule has 119 valence electrons. The number of hydrogen-bond acceptors (Lipinski definition) is 3. The first kappa shape index (κ1) is 20.2. The van der Waals surface area contributed by atoms with Gasteiger partial charge in [0.1, 0.15) is 0 Å². The highest BCUT2D eigenvalue weighted by Crippen LogP contribution is 2.11. The molecular formula is C18H30NOS. The number of nitrogens with one attached hydrogen (secondary N) is 1. The smallest absolute Gasteiger partial charge is 0.217 e. The zero-order chi connectivity index (χ0) is 16.1. The molecule has 21 heavy (non-hydrogen) atoms. The van der Waals surface area contributed by atoms with Crippen molar-refractivity contribution in [3.05, 3.63) is 34.9 Å². The third kappa shape index (κ3) is 12.6. The van der Waals surface area contributed by atoms with Crippen molar-refractivity contribution in [2.75, 3.05) is 12.3 Å². The lowest BCUT2D eigenvalue weighted by atomic mass is 10.1. The van der Waals surface area contributed by atoms with Crippen molar-refractivity contribution >= 4 is 18.9 Å². The zero-order valence-corrected chi connectivity index (χ0v) is 14.8. The summed E-state index contributed by atoms with van der Waals surface area (Å²) in [7, 11) is 0. The Morgan fingerprint density at radius 3 is 2.14 bits per heavy atom. The lowest BCUT2D eigenvalue weighted by molar-refractivity contribution is 0.532. The topological polar surface area (TPSA) is 29.1 Å². The highest BCUT2D eigenvalue weighted by molar-refractivity contribution is 7.80. The second kappa shape index (κ2) is 12.9. The van der Waals surface area contributed by atoms with E-state index in [4.69, 9.17) is 0 Å². The van der Waals surface area contributed by atoms with Gasteiger partial charge >= 0.3 is 0 Å². The Hall–Kier alpha value is -0.800. The molecule has 0 aromatic heterocycles. The summed E-state index contributed by atoms with van der Waals surface area (Å²) in [6, 6.07) is -0.269. The zero-order valence-electron chi connectivity index (χ0n) is 13.9. The Bertz CT molecular complexity index is 379. The van der Waals surface area contributed by atoms with Gasteiger partial charge in [-0.3, -0.25) is 4.79 Å². The molecular weight excluding hydrogens is 278 g/mol. The van der Waals surface area contributed by atoms with Gasteiger partial charge in [-0.2, -0.15) is 12.6 Å². The molecule has 1 radical (unpaired) electrons. The molecule has 2 nitrogen and oxygen atoms in total. The molecule has 0 bridgehead atoms. The van der Waals surface area contributed by atoms with Crippen LogP contribution in [0.5, 0.6) is 0 Å². The molecule has 0 aromatic rings. The van der Waals surface area contributed by atoms with Crippen LogP contribution in [-0.2, 0) is 4.79 Å². The number of allylic oxidation sites excluding steroid dienone is 5. The number of hydrogen-bond donors (Lipinski definition) is 2. The van der Waals surface area contributed by atoms with E-state index in [-0.39, 0.29) is 6.04 Å². The largest absolute Gasteiger partial charge is 0.303 e. The Kier molecular flexibility index (Phi) is 12.4. The predicted octanol–water partition coefficient (Wildman–Crippen LogP) is 4.40. The molecule has 1 atom stereocenters. The highest BCUT2D eigenvalue weighted by atomic mass is 32.1. The second-order valence-electron chi connectivity index (χ2n) is 5.72. The van der Waals surface area contributed by atoms with Crippen LogP contribution >= 0.6 is 12.6 Å². The Morgan fingerprint density at radius 2 is 1.62 bits per heavy atom. The van der Waals surface area contributed by atoms with E-state index in [0.29, 0.717) is 12.3 Å².